The average Bonchev–Trinajstić information content (AvgIpc) is 4.09. The molecule has 0 saturated carbocycles. The van der Waals surface area contributed by atoms with Gasteiger partial charge in [0.05, 0.1) is 44.5 Å². The molecule has 4 aromatic heterocycles. The third-order valence-corrected chi connectivity index (χ3v) is 12.9. The van der Waals surface area contributed by atoms with Crippen LogP contribution in [0.3, 0.4) is 0 Å². The van der Waals surface area contributed by atoms with Gasteiger partial charge in [-0.05, 0) is 157 Å². The summed E-state index contributed by atoms with van der Waals surface area (Å²) in [4.78, 5) is 0. The van der Waals surface area contributed by atoms with Crippen molar-refractivity contribution in [1.82, 2.24) is 18.3 Å². The molecular formula is C58H36F2N4. The lowest BCUT2D eigenvalue weighted by atomic mass is 10.1. The Kier molecular flexibility index (Phi) is 7.93. The molecule has 0 fully saturated rings. The van der Waals surface area contributed by atoms with Crippen molar-refractivity contribution in [3.05, 3.63) is 230 Å². The van der Waals surface area contributed by atoms with Gasteiger partial charge in [0.25, 0.3) is 0 Å². The second-order valence-corrected chi connectivity index (χ2v) is 16.5. The van der Waals surface area contributed by atoms with Gasteiger partial charge in [0.1, 0.15) is 11.6 Å². The lowest BCUT2D eigenvalue weighted by Gasteiger charge is -2.14. The minimum atomic E-state index is -0.279. The molecule has 0 unspecified atom stereocenters. The number of rotatable bonds is 6. The fourth-order valence-electron chi connectivity index (χ4n) is 10.0. The van der Waals surface area contributed by atoms with Gasteiger partial charge in [-0.3, -0.25) is 0 Å². The third kappa shape index (κ3) is 5.52. The molecule has 0 amide bonds. The summed E-state index contributed by atoms with van der Waals surface area (Å²) in [6.07, 6.45) is 0. The van der Waals surface area contributed by atoms with Crippen molar-refractivity contribution in [2.45, 2.75) is 0 Å². The second kappa shape index (κ2) is 14.0. The molecule has 4 nitrogen and oxygen atoms in total. The normalized spacial score (nSPS) is 11.9. The highest BCUT2D eigenvalue weighted by atomic mass is 19.1. The average molecular weight is 827 g/mol. The predicted octanol–water partition coefficient (Wildman–Crippen LogP) is 15.4. The van der Waals surface area contributed by atoms with E-state index in [1.165, 1.54) is 24.3 Å². The summed E-state index contributed by atoms with van der Waals surface area (Å²) >= 11 is 0. The van der Waals surface area contributed by atoms with Crippen LogP contribution >= 0.6 is 0 Å². The van der Waals surface area contributed by atoms with Gasteiger partial charge in [-0.1, -0.05) is 72.8 Å². The summed E-state index contributed by atoms with van der Waals surface area (Å²) in [6, 6.07) is 73.9. The van der Waals surface area contributed by atoms with Crippen LogP contribution < -0.4 is 0 Å². The first-order valence-electron chi connectivity index (χ1n) is 21.5. The summed E-state index contributed by atoms with van der Waals surface area (Å²) < 4.78 is 38.2. The Morgan fingerprint density at radius 2 is 0.625 bits per heavy atom. The first-order chi connectivity index (χ1) is 31.6. The first-order valence-corrected chi connectivity index (χ1v) is 21.5. The smallest absolute Gasteiger partial charge is 0.123 e. The van der Waals surface area contributed by atoms with Crippen LogP contribution in [0.4, 0.5) is 8.78 Å². The van der Waals surface area contributed by atoms with Crippen LogP contribution in [-0.4, -0.2) is 18.3 Å². The highest BCUT2D eigenvalue weighted by Gasteiger charge is 2.21. The molecule has 0 radical (unpaired) electrons. The molecule has 302 valence electrons. The van der Waals surface area contributed by atoms with E-state index in [2.05, 4.69) is 176 Å². The Morgan fingerprint density at radius 1 is 0.250 bits per heavy atom. The van der Waals surface area contributed by atoms with Gasteiger partial charge in [0, 0.05) is 55.1 Å². The van der Waals surface area contributed by atoms with Crippen molar-refractivity contribution in [1.29, 1.82) is 0 Å². The van der Waals surface area contributed by atoms with E-state index in [4.69, 9.17) is 0 Å². The van der Waals surface area contributed by atoms with Gasteiger partial charge in [0.2, 0.25) is 0 Å². The minimum absolute atomic E-state index is 0.279. The monoisotopic (exact) mass is 826 g/mol. The molecule has 0 aliphatic rings. The number of hydrogen-bond donors (Lipinski definition) is 0. The molecule has 0 saturated heterocycles. The summed E-state index contributed by atoms with van der Waals surface area (Å²) in [6.45, 7) is 0. The zero-order chi connectivity index (χ0) is 42.5. The van der Waals surface area contributed by atoms with E-state index >= 15 is 0 Å². The van der Waals surface area contributed by atoms with Crippen molar-refractivity contribution >= 4 is 65.4 Å². The number of halogens is 2. The third-order valence-electron chi connectivity index (χ3n) is 12.9. The predicted molar refractivity (Wildman–Crippen MR) is 260 cm³/mol. The Labute approximate surface area is 366 Å². The molecule has 13 rings (SSSR count). The van der Waals surface area contributed by atoms with Gasteiger partial charge in [-0.2, -0.15) is 0 Å². The Bertz CT molecular complexity index is 3690. The Balaban J connectivity index is 1.07. The summed E-state index contributed by atoms with van der Waals surface area (Å²) in [5, 5.41) is 6.67. The molecule has 0 aliphatic heterocycles. The van der Waals surface area contributed by atoms with Gasteiger partial charge >= 0.3 is 0 Å². The molecule has 0 aliphatic carbocycles. The molecule has 4 heterocycles. The van der Waals surface area contributed by atoms with Crippen molar-refractivity contribution < 1.29 is 8.78 Å². The minimum Gasteiger partial charge on any atom is -0.309 e. The molecule has 64 heavy (non-hydrogen) atoms. The van der Waals surface area contributed by atoms with Crippen molar-refractivity contribution in [2.24, 2.45) is 0 Å². The summed E-state index contributed by atoms with van der Waals surface area (Å²) in [5.74, 6) is -0.558. The van der Waals surface area contributed by atoms with E-state index in [-0.39, 0.29) is 11.6 Å². The highest BCUT2D eigenvalue weighted by molar-refractivity contribution is 6.12. The lowest BCUT2D eigenvalue weighted by molar-refractivity contribution is 0.627. The topological polar surface area (TPSA) is 19.7 Å². The second-order valence-electron chi connectivity index (χ2n) is 16.5. The van der Waals surface area contributed by atoms with Gasteiger partial charge in [0.15, 0.2) is 0 Å². The van der Waals surface area contributed by atoms with Crippen molar-refractivity contribution in [2.75, 3.05) is 0 Å². The molecule has 6 heteroatoms. The van der Waals surface area contributed by atoms with Crippen LogP contribution in [0.1, 0.15) is 0 Å². The number of hydrogen-bond acceptors (Lipinski definition) is 0. The van der Waals surface area contributed by atoms with E-state index in [0.29, 0.717) is 0 Å². The van der Waals surface area contributed by atoms with Crippen LogP contribution in [0.15, 0.2) is 218 Å². The number of fused-ring (bicyclic) bond motifs is 8. The van der Waals surface area contributed by atoms with Crippen LogP contribution in [-0.2, 0) is 0 Å². The maximum Gasteiger partial charge on any atom is 0.123 e. The number of benzene rings is 9. The maximum absolute atomic E-state index is 14.5. The van der Waals surface area contributed by atoms with E-state index < -0.39 is 0 Å². The van der Waals surface area contributed by atoms with Gasteiger partial charge < -0.3 is 18.3 Å². The zero-order valence-corrected chi connectivity index (χ0v) is 34.3. The van der Waals surface area contributed by atoms with Crippen molar-refractivity contribution in [3.63, 3.8) is 0 Å². The lowest BCUT2D eigenvalue weighted by Crippen LogP contribution is -1.98. The Morgan fingerprint density at radius 3 is 1.05 bits per heavy atom. The van der Waals surface area contributed by atoms with E-state index in [1.807, 2.05) is 36.4 Å². The molecule has 9 aromatic carbocycles. The fraction of sp³-hybridized carbons (Fsp3) is 0. The van der Waals surface area contributed by atoms with Crippen LogP contribution in [0.5, 0.6) is 0 Å². The molecular weight excluding hydrogens is 791 g/mol. The van der Waals surface area contributed by atoms with Crippen molar-refractivity contribution in [3.8, 4) is 45.3 Å². The van der Waals surface area contributed by atoms with Gasteiger partial charge in [-0.15, -0.1) is 0 Å². The van der Waals surface area contributed by atoms with E-state index in [1.54, 1.807) is 0 Å². The fourth-order valence-corrected chi connectivity index (χ4v) is 10.0. The first kappa shape index (κ1) is 36.2. The highest BCUT2D eigenvalue weighted by Crippen LogP contribution is 2.42. The largest absolute Gasteiger partial charge is 0.309 e. The summed E-state index contributed by atoms with van der Waals surface area (Å²) in [5.41, 5.74) is 14.4. The molecule has 0 N–H and O–H groups in total. The molecule has 0 bridgehead atoms. The summed E-state index contributed by atoms with van der Waals surface area (Å²) in [7, 11) is 0. The maximum atomic E-state index is 14.5. The quantitative estimate of drug-likeness (QED) is 0.159. The standard InChI is InChI=1S/C58H36F2N4/c59-41-23-19-37(20-24-41)55-31-39-34-58-40(33-57(39)63(55)45-27-29-53-49(35-45)47-15-7-9-17-51(47)61(53)43-11-3-1-4-12-43)32-56(38-21-25-42(60)26-22-38)64(58)46-28-30-54-50(36-46)48-16-8-10-18-52(48)62(54)44-13-5-2-6-14-44/h1-36H. The van der Waals surface area contributed by atoms with E-state index in [9.17, 15) is 8.78 Å². The zero-order valence-electron chi connectivity index (χ0n) is 34.3. The number of para-hydroxylation sites is 4. The van der Waals surface area contributed by atoms with Gasteiger partial charge in [-0.25, -0.2) is 8.78 Å². The Hall–Kier alpha value is -8.48. The van der Waals surface area contributed by atoms with Crippen LogP contribution in [0, 0.1) is 11.6 Å². The van der Waals surface area contributed by atoms with Crippen LogP contribution in [0.25, 0.3) is 111 Å². The molecule has 0 atom stereocenters. The number of aromatic nitrogens is 4. The molecule has 0 spiro atoms. The number of nitrogens with zero attached hydrogens (tertiary/aromatic N) is 4. The van der Waals surface area contributed by atoms with E-state index in [0.717, 1.165) is 111 Å². The molecule has 13 aromatic rings. The van der Waals surface area contributed by atoms with Crippen LogP contribution in [0.2, 0.25) is 0 Å². The SMILES string of the molecule is Fc1ccc(-c2cc3cc4c(cc(-c5ccc(F)cc5)n4-c4ccc5c(c4)c4ccccc4n5-c4ccccc4)cc3n2-c2ccc3c(c2)c2ccccc2n3-c2ccccc2)cc1.